The van der Waals surface area contributed by atoms with E-state index in [1.807, 2.05) is 12.1 Å². The zero-order chi connectivity index (χ0) is 8.39. The van der Waals surface area contributed by atoms with Crippen LogP contribution in [0.25, 0.3) is 11.0 Å². The minimum absolute atomic E-state index is 0.967. The van der Waals surface area contributed by atoms with Gasteiger partial charge in [0.05, 0.1) is 6.26 Å². The van der Waals surface area contributed by atoms with E-state index in [1.165, 1.54) is 10.9 Å². The van der Waals surface area contributed by atoms with Gasteiger partial charge in [-0.15, -0.1) is 0 Å². The fourth-order valence-corrected chi connectivity index (χ4v) is 1.38. The normalized spacial score (nSPS) is 10.8. The van der Waals surface area contributed by atoms with Gasteiger partial charge < -0.3 is 4.42 Å². The lowest BCUT2D eigenvalue weighted by atomic mass is 10.1. The van der Waals surface area contributed by atoms with E-state index >= 15 is 0 Å². The van der Waals surface area contributed by atoms with Crippen molar-refractivity contribution in [3.63, 3.8) is 0 Å². The van der Waals surface area contributed by atoms with Gasteiger partial charge in [-0.2, -0.15) is 0 Å². The van der Waals surface area contributed by atoms with Crippen molar-refractivity contribution in [3.05, 3.63) is 42.5 Å². The van der Waals surface area contributed by atoms with E-state index in [4.69, 9.17) is 4.42 Å². The third-order valence-corrected chi connectivity index (χ3v) is 1.96. The summed E-state index contributed by atoms with van der Waals surface area (Å²) < 4.78 is 5.24. The van der Waals surface area contributed by atoms with Crippen LogP contribution in [0, 0.1) is 6.42 Å². The first-order valence-corrected chi connectivity index (χ1v) is 4.14. The van der Waals surface area contributed by atoms with Gasteiger partial charge in [0, 0.05) is 5.39 Å². The number of furan rings is 1. The molecule has 1 heteroatoms. The molecule has 0 saturated heterocycles. The average molecular weight is 159 g/mol. The first kappa shape index (κ1) is 7.41. The van der Waals surface area contributed by atoms with E-state index in [9.17, 15) is 0 Å². The van der Waals surface area contributed by atoms with Crippen LogP contribution >= 0.6 is 0 Å². The Labute approximate surface area is 72.0 Å². The molecule has 0 aliphatic heterocycles. The van der Waals surface area contributed by atoms with Crippen molar-refractivity contribution in [1.29, 1.82) is 0 Å². The highest BCUT2D eigenvalue weighted by atomic mass is 16.3. The second kappa shape index (κ2) is 3.02. The molecule has 0 aliphatic rings. The summed E-state index contributed by atoms with van der Waals surface area (Å²) in [6.07, 6.45) is 4.91. The Balaban J connectivity index is 2.46. The van der Waals surface area contributed by atoms with Crippen molar-refractivity contribution in [3.8, 4) is 0 Å². The van der Waals surface area contributed by atoms with Crippen LogP contribution in [0.2, 0.25) is 0 Å². The second-order valence-electron chi connectivity index (χ2n) is 2.91. The van der Waals surface area contributed by atoms with Crippen molar-refractivity contribution in [2.24, 2.45) is 0 Å². The SMILES string of the molecule is C[CH]Cc1ccc2occc2c1. The summed E-state index contributed by atoms with van der Waals surface area (Å²) in [7, 11) is 0. The summed E-state index contributed by atoms with van der Waals surface area (Å²) in [5.74, 6) is 0. The van der Waals surface area contributed by atoms with Gasteiger partial charge in [0.2, 0.25) is 0 Å². The van der Waals surface area contributed by atoms with Gasteiger partial charge in [-0.3, -0.25) is 0 Å². The van der Waals surface area contributed by atoms with Gasteiger partial charge in [0.15, 0.2) is 0 Å². The standard InChI is InChI=1S/C11H11O/c1-2-3-9-4-5-11-10(8-9)6-7-12-11/h2,4-8H,3H2,1H3. The number of fused-ring (bicyclic) bond motifs is 1. The Kier molecular flexibility index (Phi) is 1.86. The van der Waals surface area contributed by atoms with Crippen LogP contribution in [0.3, 0.4) is 0 Å². The molecule has 1 heterocycles. The molecule has 0 fully saturated rings. The molecule has 1 aromatic heterocycles. The molecule has 2 rings (SSSR count). The monoisotopic (exact) mass is 159 g/mol. The molecule has 1 radical (unpaired) electrons. The third-order valence-electron chi connectivity index (χ3n) is 1.96. The molecule has 0 atom stereocenters. The number of rotatable bonds is 2. The topological polar surface area (TPSA) is 13.1 Å². The Hall–Kier alpha value is -1.24. The molecule has 0 saturated carbocycles. The highest BCUT2D eigenvalue weighted by Gasteiger charge is 1.97. The summed E-state index contributed by atoms with van der Waals surface area (Å²) in [6.45, 7) is 2.07. The molecule has 61 valence electrons. The Bertz CT molecular complexity index is 373. The maximum Gasteiger partial charge on any atom is 0.133 e. The summed E-state index contributed by atoms with van der Waals surface area (Å²) in [6, 6.07) is 8.29. The van der Waals surface area contributed by atoms with Crippen molar-refractivity contribution in [1.82, 2.24) is 0 Å². The van der Waals surface area contributed by atoms with Crippen LogP contribution in [-0.2, 0) is 6.42 Å². The van der Waals surface area contributed by atoms with Gasteiger partial charge in [0.1, 0.15) is 5.58 Å². The van der Waals surface area contributed by atoms with Crippen molar-refractivity contribution in [2.75, 3.05) is 0 Å². The van der Waals surface area contributed by atoms with E-state index in [0.29, 0.717) is 0 Å². The lowest BCUT2D eigenvalue weighted by Gasteiger charge is -1.96. The van der Waals surface area contributed by atoms with E-state index in [2.05, 4.69) is 25.5 Å². The van der Waals surface area contributed by atoms with Gasteiger partial charge in [-0.25, -0.2) is 0 Å². The lowest BCUT2D eigenvalue weighted by molar-refractivity contribution is 0.616. The molecular weight excluding hydrogens is 148 g/mol. The van der Waals surface area contributed by atoms with Gasteiger partial charge in [-0.1, -0.05) is 13.0 Å². The zero-order valence-electron chi connectivity index (χ0n) is 7.08. The Morgan fingerprint density at radius 1 is 1.33 bits per heavy atom. The van der Waals surface area contributed by atoms with E-state index in [1.54, 1.807) is 6.26 Å². The maximum atomic E-state index is 5.24. The predicted molar refractivity (Wildman–Crippen MR) is 49.9 cm³/mol. The molecule has 12 heavy (non-hydrogen) atoms. The molecule has 0 bridgehead atoms. The van der Waals surface area contributed by atoms with Crippen LogP contribution in [-0.4, -0.2) is 0 Å². The predicted octanol–water partition coefficient (Wildman–Crippen LogP) is 3.20. The first-order valence-electron chi connectivity index (χ1n) is 4.14. The molecule has 0 amide bonds. The van der Waals surface area contributed by atoms with Crippen LogP contribution < -0.4 is 0 Å². The zero-order valence-corrected chi connectivity index (χ0v) is 7.08. The van der Waals surface area contributed by atoms with Crippen LogP contribution in [0.4, 0.5) is 0 Å². The minimum Gasteiger partial charge on any atom is -0.464 e. The van der Waals surface area contributed by atoms with Crippen LogP contribution in [0.15, 0.2) is 34.9 Å². The van der Waals surface area contributed by atoms with E-state index < -0.39 is 0 Å². The summed E-state index contributed by atoms with van der Waals surface area (Å²) >= 11 is 0. The van der Waals surface area contributed by atoms with Crippen molar-refractivity contribution >= 4 is 11.0 Å². The molecular formula is C11H11O. The molecule has 0 spiro atoms. The average Bonchev–Trinajstić information content (AvgIpc) is 2.51. The van der Waals surface area contributed by atoms with Crippen LogP contribution in [0.5, 0.6) is 0 Å². The first-order chi connectivity index (χ1) is 5.90. The quantitative estimate of drug-likeness (QED) is 0.655. The summed E-state index contributed by atoms with van der Waals surface area (Å²) in [4.78, 5) is 0. The van der Waals surface area contributed by atoms with Gasteiger partial charge in [0.25, 0.3) is 0 Å². The largest absolute Gasteiger partial charge is 0.464 e. The van der Waals surface area contributed by atoms with Crippen molar-refractivity contribution in [2.45, 2.75) is 13.3 Å². The third kappa shape index (κ3) is 1.22. The van der Waals surface area contributed by atoms with E-state index in [0.717, 1.165) is 12.0 Å². The van der Waals surface area contributed by atoms with Crippen molar-refractivity contribution < 1.29 is 4.42 Å². The number of hydrogen-bond donors (Lipinski definition) is 0. The highest BCUT2D eigenvalue weighted by Crippen LogP contribution is 2.17. The molecule has 0 N–H and O–H groups in total. The fraction of sp³-hybridized carbons (Fsp3) is 0.182. The lowest BCUT2D eigenvalue weighted by Crippen LogP contribution is -1.81. The fourth-order valence-electron chi connectivity index (χ4n) is 1.38. The van der Waals surface area contributed by atoms with Gasteiger partial charge in [-0.05, 0) is 36.6 Å². The smallest absolute Gasteiger partial charge is 0.133 e. The number of hydrogen-bond acceptors (Lipinski definition) is 1. The van der Waals surface area contributed by atoms with Gasteiger partial charge >= 0.3 is 0 Å². The molecule has 2 aromatic rings. The van der Waals surface area contributed by atoms with E-state index in [-0.39, 0.29) is 0 Å². The minimum atomic E-state index is 0.967. The highest BCUT2D eigenvalue weighted by molar-refractivity contribution is 5.77. The second-order valence-corrected chi connectivity index (χ2v) is 2.91. The van der Waals surface area contributed by atoms with Crippen LogP contribution in [0.1, 0.15) is 12.5 Å². The maximum absolute atomic E-state index is 5.24. The Morgan fingerprint density at radius 3 is 3.08 bits per heavy atom. The molecule has 0 aliphatic carbocycles. The summed E-state index contributed by atoms with van der Waals surface area (Å²) in [5, 5.41) is 1.19. The Morgan fingerprint density at radius 2 is 2.25 bits per heavy atom. The molecule has 1 nitrogen and oxygen atoms in total. The molecule has 1 aromatic carbocycles. The molecule has 0 unspecified atom stereocenters. The number of benzene rings is 1. The summed E-state index contributed by atoms with van der Waals surface area (Å²) in [5.41, 5.74) is 2.31.